The zero-order valence-electron chi connectivity index (χ0n) is 11.9. The van der Waals surface area contributed by atoms with E-state index in [0.717, 1.165) is 34.2 Å². The van der Waals surface area contributed by atoms with Gasteiger partial charge >= 0.3 is 0 Å². The predicted octanol–water partition coefficient (Wildman–Crippen LogP) is 3.64. The highest BCUT2D eigenvalue weighted by Gasteiger charge is 2.12. The largest absolute Gasteiger partial charge is 0.234 e. The van der Waals surface area contributed by atoms with Gasteiger partial charge in [-0.05, 0) is 12.0 Å². The van der Waals surface area contributed by atoms with E-state index in [1.54, 1.807) is 11.3 Å². The summed E-state index contributed by atoms with van der Waals surface area (Å²) in [5.74, 6) is 0.914. The molecule has 22 heavy (non-hydrogen) atoms. The fourth-order valence-corrected chi connectivity index (χ4v) is 3.28. The van der Waals surface area contributed by atoms with E-state index < -0.39 is 0 Å². The standard InChI is InChI=1S/C17H14N4S/c1-3-7-13(8-4-1)11-12-15-18-19-17-21(15)20-16(22-17)14-9-5-2-6-10-14/h1-10H,11-12H2. The summed E-state index contributed by atoms with van der Waals surface area (Å²) in [6, 6.07) is 20.6. The van der Waals surface area contributed by atoms with Crippen LogP contribution in [0.25, 0.3) is 15.5 Å². The topological polar surface area (TPSA) is 43.1 Å². The molecule has 0 saturated heterocycles. The van der Waals surface area contributed by atoms with Crippen LogP contribution in [0.4, 0.5) is 0 Å². The average molecular weight is 306 g/mol. The van der Waals surface area contributed by atoms with Crippen molar-refractivity contribution in [2.24, 2.45) is 0 Å². The summed E-state index contributed by atoms with van der Waals surface area (Å²) in [6.07, 6.45) is 1.78. The molecule has 0 unspecified atom stereocenters. The average Bonchev–Trinajstić information content (AvgIpc) is 3.16. The van der Waals surface area contributed by atoms with Crippen molar-refractivity contribution in [3.8, 4) is 10.6 Å². The van der Waals surface area contributed by atoms with Crippen LogP contribution in [0.5, 0.6) is 0 Å². The number of hydrogen-bond donors (Lipinski definition) is 0. The van der Waals surface area contributed by atoms with Gasteiger partial charge in [-0.25, -0.2) is 0 Å². The Morgan fingerprint density at radius 2 is 1.55 bits per heavy atom. The third kappa shape index (κ3) is 2.51. The Balaban J connectivity index is 1.61. The van der Waals surface area contributed by atoms with Crippen LogP contribution >= 0.6 is 11.3 Å². The van der Waals surface area contributed by atoms with Crippen molar-refractivity contribution in [1.82, 2.24) is 19.8 Å². The molecular weight excluding hydrogens is 292 g/mol. The summed E-state index contributed by atoms with van der Waals surface area (Å²) < 4.78 is 1.87. The molecule has 0 fully saturated rings. The number of aromatic nitrogens is 4. The van der Waals surface area contributed by atoms with E-state index >= 15 is 0 Å². The minimum absolute atomic E-state index is 0.836. The molecular formula is C17H14N4S. The lowest BCUT2D eigenvalue weighted by Crippen LogP contribution is -1.99. The second-order valence-corrected chi connectivity index (χ2v) is 6.03. The molecule has 2 heterocycles. The summed E-state index contributed by atoms with van der Waals surface area (Å²) >= 11 is 1.57. The van der Waals surface area contributed by atoms with E-state index in [0.29, 0.717) is 0 Å². The van der Waals surface area contributed by atoms with E-state index in [4.69, 9.17) is 0 Å². The Kier molecular flexibility index (Phi) is 3.40. The van der Waals surface area contributed by atoms with Crippen LogP contribution < -0.4 is 0 Å². The van der Waals surface area contributed by atoms with Crippen molar-refractivity contribution in [3.63, 3.8) is 0 Å². The number of benzene rings is 2. The highest BCUT2D eigenvalue weighted by molar-refractivity contribution is 7.19. The number of rotatable bonds is 4. The Bertz CT molecular complexity index is 881. The molecule has 0 N–H and O–H groups in total. The molecule has 2 aromatic heterocycles. The van der Waals surface area contributed by atoms with E-state index in [1.165, 1.54) is 5.56 Å². The Hall–Kier alpha value is -2.53. The Morgan fingerprint density at radius 1 is 0.818 bits per heavy atom. The molecule has 0 radical (unpaired) electrons. The molecule has 0 spiro atoms. The fourth-order valence-electron chi connectivity index (χ4n) is 2.41. The molecule has 4 rings (SSSR count). The summed E-state index contributed by atoms with van der Waals surface area (Å²) in [5.41, 5.74) is 2.42. The molecule has 108 valence electrons. The summed E-state index contributed by atoms with van der Waals surface area (Å²) in [6.45, 7) is 0. The normalized spacial score (nSPS) is 11.1. The van der Waals surface area contributed by atoms with Crippen molar-refractivity contribution < 1.29 is 0 Å². The number of aryl methyl sites for hydroxylation is 2. The highest BCUT2D eigenvalue weighted by Crippen LogP contribution is 2.25. The molecule has 0 amide bonds. The maximum absolute atomic E-state index is 4.67. The molecule has 0 bridgehead atoms. The van der Waals surface area contributed by atoms with Gasteiger partial charge in [-0.15, -0.1) is 10.2 Å². The second kappa shape index (κ2) is 5.69. The monoisotopic (exact) mass is 306 g/mol. The maximum Gasteiger partial charge on any atom is 0.234 e. The third-order valence-corrected chi connectivity index (χ3v) is 4.50. The van der Waals surface area contributed by atoms with Crippen molar-refractivity contribution >= 4 is 16.3 Å². The highest BCUT2D eigenvalue weighted by atomic mass is 32.1. The van der Waals surface area contributed by atoms with Crippen LogP contribution in [-0.2, 0) is 12.8 Å². The van der Waals surface area contributed by atoms with Crippen LogP contribution in [0.1, 0.15) is 11.4 Å². The van der Waals surface area contributed by atoms with Crippen molar-refractivity contribution in [3.05, 3.63) is 72.1 Å². The van der Waals surface area contributed by atoms with Gasteiger partial charge in [0, 0.05) is 12.0 Å². The fraction of sp³-hybridized carbons (Fsp3) is 0.118. The number of fused-ring (bicyclic) bond motifs is 1. The second-order valence-electron chi connectivity index (χ2n) is 5.07. The first-order valence-corrected chi connectivity index (χ1v) is 8.02. The summed E-state index contributed by atoms with van der Waals surface area (Å²) in [4.78, 5) is 0.849. The van der Waals surface area contributed by atoms with Gasteiger partial charge in [0.2, 0.25) is 4.96 Å². The Labute approximate surface area is 132 Å². The molecule has 0 saturated carbocycles. The first-order chi connectivity index (χ1) is 10.9. The first-order valence-electron chi connectivity index (χ1n) is 7.20. The SMILES string of the molecule is c1ccc(CCc2nnc3sc(-c4ccccc4)nn23)cc1. The predicted molar refractivity (Wildman–Crippen MR) is 87.9 cm³/mol. The van der Waals surface area contributed by atoms with Gasteiger partial charge in [0.05, 0.1) is 0 Å². The molecule has 0 aliphatic rings. The minimum atomic E-state index is 0.836. The van der Waals surface area contributed by atoms with Gasteiger partial charge in [-0.1, -0.05) is 72.0 Å². The van der Waals surface area contributed by atoms with Crippen LogP contribution in [0, 0.1) is 0 Å². The molecule has 0 aliphatic heterocycles. The smallest absolute Gasteiger partial charge is 0.187 e. The molecule has 4 aromatic rings. The lowest BCUT2D eigenvalue weighted by atomic mass is 10.1. The van der Waals surface area contributed by atoms with E-state index in [9.17, 15) is 0 Å². The summed E-state index contributed by atoms with van der Waals surface area (Å²) in [7, 11) is 0. The van der Waals surface area contributed by atoms with Crippen LogP contribution in [0.2, 0.25) is 0 Å². The lowest BCUT2D eigenvalue weighted by Gasteiger charge is -1.98. The lowest BCUT2D eigenvalue weighted by molar-refractivity contribution is 0.793. The maximum atomic E-state index is 4.67. The van der Waals surface area contributed by atoms with Crippen LogP contribution in [0.3, 0.4) is 0 Å². The molecule has 2 aromatic carbocycles. The van der Waals surface area contributed by atoms with E-state index in [-0.39, 0.29) is 0 Å². The zero-order valence-corrected chi connectivity index (χ0v) is 12.7. The first kappa shape index (κ1) is 13.2. The van der Waals surface area contributed by atoms with E-state index in [2.05, 4.69) is 51.7 Å². The van der Waals surface area contributed by atoms with Gasteiger partial charge in [0.25, 0.3) is 0 Å². The molecule has 4 nitrogen and oxygen atoms in total. The van der Waals surface area contributed by atoms with Gasteiger partial charge in [0.15, 0.2) is 5.82 Å². The zero-order chi connectivity index (χ0) is 14.8. The molecule has 0 aliphatic carbocycles. The summed E-state index contributed by atoms with van der Waals surface area (Å²) in [5, 5.41) is 14.2. The van der Waals surface area contributed by atoms with Crippen LogP contribution in [-0.4, -0.2) is 19.8 Å². The van der Waals surface area contributed by atoms with Crippen LogP contribution in [0.15, 0.2) is 60.7 Å². The quantitative estimate of drug-likeness (QED) is 0.578. The number of hydrogen-bond acceptors (Lipinski definition) is 4. The van der Waals surface area contributed by atoms with Gasteiger partial charge in [-0.3, -0.25) is 0 Å². The molecule has 5 heteroatoms. The minimum Gasteiger partial charge on any atom is -0.187 e. The van der Waals surface area contributed by atoms with Gasteiger partial charge in [-0.2, -0.15) is 9.61 Å². The number of nitrogens with zero attached hydrogens (tertiary/aromatic N) is 4. The van der Waals surface area contributed by atoms with Crippen molar-refractivity contribution in [2.75, 3.05) is 0 Å². The van der Waals surface area contributed by atoms with Gasteiger partial charge in [0.1, 0.15) is 5.01 Å². The molecule has 0 atom stereocenters. The van der Waals surface area contributed by atoms with E-state index in [1.807, 2.05) is 28.8 Å². The van der Waals surface area contributed by atoms with Gasteiger partial charge < -0.3 is 0 Å². The third-order valence-electron chi connectivity index (χ3n) is 3.56. The Morgan fingerprint density at radius 3 is 2.32 bits per heavy atom. The van der Waals surface area contributed by atoms with Crippen molar-refractivity contribution in [1.29, 1.82) is 0 Å². The van der Waals surface area contributed by atoms with Crippen molar-refractivity contribution in [2.45, 2.75) is 12.8 Å².